The van der Waals surface area contributed by atoms with Crippen molar-refractivity contribution >= 4 is 36.1 Å². The van der Waals surface area contributed by atoms with Crippen molar-refractivity contribution in [2.45, 2.75) is 0 Å². The van der Waals surface area contributed by atoms with E-state index in [1.807, 2.05) is 36.4 Å². The molecule has 1 aliphatic rings. The second-order valence-corrected chi connectivity index (χ2v) is 6.40. The standard InChI is InChI=1S/C18H14IN/c1-3-8-15(9-4-1)18(16-10-7-13-19-14-16)20-17-11-5-2-6-12-17/h1-14H. The zero-order valence-electron chi connectivity index (χ0n) is 10.9. The van der Waals surface area contributed by atoms with E-state index < -0.39 is 0 Å². The first-order valence-corrected chi connectivity index (χ1v) is 8.94. The van der Waals surface area contributed by atoms with Crippen LogP contribution in [0.25, 0.3) is 0 Å². The number of rotatable bonds is 3. The Morgan fingerprint density at radius 1 is 0.850 bits per heavy atom. The van der Waals surface area contributed by atoms with Gasteiger partial charge in [0.25, 0.3) is 0 Å². The van der Waals surface area contributed by atoms with E-state index in [0.29, 0.717) is 0 Å². The molecular weight excluding hydrogens is 357 g/mol. The van der Waals surface area contributed by atoms with Gasteiger partial charge in [-0.2, -0.15) is 0 Å². The molecule has 0 bridgehead atoms. The number of allylic oxidation sites excluding steroid dienone is 3. The maximum Gasteiger partial charge on any atom is 0.0785 e. The molecule has 1 aliphatic heterocycles. The number of para-hydroxylation sites is 1. The molecule has 3 rings (SSSR count). The topological polar surface area (TPSA) is 12.4 Å². The summed E-state index contributed by atoms with van der Waals surface area (Å²) in [5.41, 5.74) is 4.45. The first-order valence-electron chi connectivity index (χ1n) is 6.45. The molecule has 0 atom stereocenters. The smallest absolute Gasteiger partial charge is 0.0785 e. The van der Waals surface area contributed by atoms with Crippen LogP contribution in [-0.2, 0) is 0 Å². The Morgan fingerprint density at radius 3 is 2.20 bits per heavy atom. The monoisotopic (exact) mass is 371 g/mol. The minimum absolute atomic E-state index is 0.0181. The van der Waals surface area contributed by atoms with Gasteiger partial charge in [0, 0.05) is 11.1 Å². The van der Waals surface area contributed by atoms with Crippen LogP contribution in [0.3, 0.4) is 0 Å². The number of nitrogens with zero attached hydrogens (tertiary/aromatic N) is 1. The maximum atomic E-state index is 4.85. The van der Waals surface area contributed by atoms with Crippen molar-refractivity contribution in [2.75, 3.05) is 0 Å². The van der Waals surface area contributed by atoms with Crippen LogP contribution < -0.4 is 0 Å². The second kappa shape index (κ2) is 6.57. The van der Waals surface area contributed by atoms with Gasteiger partial charge in [-0.25, -0.2) is 4.99 Å². The second-order valence-electron chi connectivity index (χ2n) is 4.34. The van der Waals surface area contributed by atoms with Crippen molar-refractivity contribution in [3.8, 4) is 0 Å². The number of hydrogen-bond donors (Lipinski definition) is 0. The van der Waals surface area contributed by atoms with E-state index in [2.05, 4.69) is 44.5 Å². The summed E-state index contributed by atoms with van der Waals surface area (Å²) < 4.78 is 4.58. The predicted molar refractivity (Wildman–Crippen MR) is 96.4 cm³/mol. The average Bonchev–Trinajstić information content (AvgIpc) is 2.55. The van der Waals surface area contributed by atoms with Crippen molar-refractivity contribution in [1.82, 2.24) is 0 Å². The molecule has 0 saturated heterocycles. The third-order valence-electron chi connectivity index (χ3n) is 2.92. The van der Waals surface area contributed by atoms with Crippen molar-refractivity contribution in [3.63, 3.8) is 0 Å². The Bertz CT molecular complexity index is 695. The molecule has 0 saturated carbocycles. The zero-order valence-corrected chi connectivity index (χ0v) is 13.1. The summed E-state index contributed by atoms with van der Waals surface area (Å²) in [5, 5.41) is 0. The summed E-state index contributed by atoms with van der Waals surface area (Å²) in [7, 11) is 0. The fourth-order valence-corrected chi connectivity index (χ4v) is 3.52. The van der Waals surface area contributed by atoms with Crippen LogP contribution in [0.5, 0.6) is 0 Å². The van der Waals surface area contributed by atoms with Gasteiger partial charge in [-0.1, -0.05) is 81.4 Å². The van der Waals surface area contributed by atoms with E-state index >= 15 is 0 Å². The van der Waals surface area contributed by atoms with Gasteiger partial charge in [-0.3, -0.25) is 0 Å². The van der Waals surface area contributed by atoms with Gasteiger partial charge in [0.1, 0.15) is 0 Å². The number of benzene rings is 2. The van der Waals surface area contributed by atoms with Gasteiger partial charge in [-0.05, 0) is 20.2 Å². The minimum atomic E-state index is 0.0181. The molecule has 1 heterocycles. The van der Waals surface area contributed by atoms with Crippen LogP contribution in [-0.4, -0.2) is 9.72 Å². The van der Waals surface area contributed by atoms with E-state index in [-0.39, 0.29) is 20.7 Å². The molecule has 0 N–H and O–H groups in total. The van der Waals surface area contributed by atoms with Gasteiger partial charge < -0.3 is 0 Å². The SMILES string of the molecule is C1=CI=CC(C(=Nc2ccccc2)c2ccccc2)=C1. The minimum Gasteiger partial charge on any atom is -0.248 e. The number of halogens is 1. The van der Waals surface area contributed by atoms with Crippen LogP contribution in [0.1, 0.15) is 5.56 Å². The first kappa shape index (κ1) is 13.2. The molecule has 0 spiro atoms. The highest BCUT2D eigenvalue weighted by Gasteiger charge is 2.08. The summed E-state index contributed by atoms with van der Waals surface area (Å²) in [6.07, 6.45) is 4.30. The van der Waals surface area contributed by atoms with Crippen molar-refractivity contribution < 1.29 is 0 Å². The van der Waals surface area contributed by atoms with Crippen LogP contribution in [0.15, 0.2) is 87.5 Å². The lowest BCUT2D eigenvalue weighted by molar-refractivity contribution is 1.49. The van der Waals surface area contributed by atoms with Crippen LogP contribution in [0.4, 0.5) is 5.69 Å². The molecule has 0 unspecified atom stereocenters. The normalized spacial score (nSPS) is 14.6. The molecule has 0 aromatic heterocycles. The Labute approximate surface area is 129 Å². The van der Waals surface area contributed by atoms with Crippen LogP contribution in [0, 0.1) is 0 Å². The van der Waals surface area contributed by atoms with Crippen molar-refractivity contribution in [3.05, 3.63) is 88.0 Å². The Hall–Kier alpha value is -1.81. The Morgan fingerprint density at radius 2 is 1.55 bits per heavy atom. The van der Waals surface area contributed by atoms with Crippen LogP contribution in [0.2, 0.25) is 0 Å². The number of hydrogen-bond acceptors (Lipinski definition) is 1. The number of aliphatic imine (C=N–C) groups is 1. The molecule has 0 radical (unpaired) electrons. The average molecular weight is 371 g/mol. The van der Waals surface area contributed by atoms with E-state index in [4.69, 9.17) is 4.99 Å². The molecule has 20 heavy (non-hydrogen) atoms. The first-order chi connectivity index (χ1) is 9.93. The third-order valence-corrected chi connectivity index (χ3v) is 4.78. The fraction of sp³-hybridized carbons (Fsp3) is 0. The molecule has 0 fully saturated rings. The largest absolute Gasteiger partial charge is 0.248 e. The summed E-state index contributed by atoms with van der Waals surface area (Å²) in [4.78, 5) is 4.85. The highest BCUT2D eigenvalue weighted by molar-refractivity contribution is 14.2. The quantitative estimate of drug-likeness (QED) is 0.530. The Balaban J connectivity index is 2.09. The fourth-order valence-electron chi connectivity index (χ4n) is 1.98. The lowest BCUT2D eigenvalue weighted by atomic mass is 10.0. The molecule has 0 amide bonds. The lowest BCUT2D eigenvalue weighted by Gasteiger charge is -2.09. The van der Waals surface area contributed by atoms with E-state index in [1.54, 1.807) is 0 Å². The molecule has 1 nitrogen and oxygen atoms in total. The van der Waals surface area contributed by atoms with Crippen molar-refractivity contribution in [2.24, 2.45) is 4.99 Å². The predicted octanol–water partition coefficient (Wildman–Crippen LogP) is 5.03. The molecular formula is C18H14IN. The lowest BCUT2D eigenvalue weighted by Crippen LogP contribution is -2.06. The van der Waals surface area contributed by atoms with Crippen molar-refractivity contribution in [1.29, 1.82) is 0 Å². The summed E-state index contributed by atoms with van der Waals surface area (Å²) in [6.45, 7) is 0. The van der Waals surface area contributed by atoms with E-state index in [9.17, 15) is 0 Å². The van der Waals surface area contributed by atoms with Gasteiger partial charge in [0.15, 0.2) is 0 Å². The van der Waals surface area contributed by atoms with Gasteiger partial charge >= 0.3 is 0 Å². The van der Waals surface area contributed by atoms with Gasteiger partial charge in [-0.15, -0.1) is 0 Å². The van der Waals surface area contributed by atoms with E-state index in [1.165, 1.54) is 5.57 Å². The van der Waals surface area contributed by atoms with E-state index in [0.717, 1.165) is 17.0 Å². The Kier molecular flexibility index (Phi) is 4.33. The highest BCUT2D eigenvalue weighted by Crippen LogP contribution is 2.20. The third kappa shape index (κ3) is 3.20. The zero-order chi connectivity index (χ0) is 13.6. The maximum absolute atomic E-state index is 4.85. The van der Waals surface area contributed by atoms with Gasteiger partial charge in [0.05, 0.1) is 11.4 Å². The molecule has 2 heteroatoms. The van der Waals surface area contributed by atoms with Gasteiger partial charge in [0.2, 0.25) is 0 Å². The summed E-state index contributed by atoms with van der Waals surface area (Å²) in [6, 6.07) is 20.5. The molecule has 98 valence electrons. The van der Waals surface area contributed by atoms with Crippen LogP contribution >= 0.6 is 20.7 Å². The molecule has 2 aromatic carbocycles. The molecule has 0 aliphatic carbocycles. The summed E-state index contributed by atoms with van der Waals surface area (Å²) in [5.74, 6) is 0. The highest BCUT2D eigenvalue weighted by atomic mass is 127. The summed E-state index contributed by atoms with van der Waals surface area (Å²) >= 11 is 0.0181. The molecule has 2 aromatic rings.